The number of hydrogen-bond donors (Lipinski definition) is 4. The lowest BCUT2D eigenvalue weighted by Gasteiger charge is -2.64. The van der Waals surface area contributed by atoms with Crippen LogP contribution in [0.5, 0.6) is 11.5 Å². The Bertz CT molecular complexity index is 911. The van der Waals surface area contributed by atoms with E-state index in [2.05, 4.69) is 19.2 Å². The molecule has 0 aromatic heterocycles. The van der Waals surface area contributed by atoms with Crippen LogP contribution in [0.3, 0.4) is 0 Å². The maximum Gasteiger partial charge on any atom is 0.252 e. The fraction of sp³-hybridized carbons (Fsp3) is 0.696. The first-order valence-electron chi connectivity index (χ1n) is 10.7. The van der Waals surface area contributed by atoms with E-state index in [4.69, 9.17) is 4.74 Å². The number of phenolic OH excluding ortho intramolecular Hbond substituents is 1. The molecule has 6 nitrogen and oxygen atoms in total. The molecule has 1 amide bonds. The van der Waals surface area contributed by atoms with E-state index in [1.54, 1.807) is 6.07 Å². The monoisotopic (exact) mass is 401 g/mol. The van der Waals surface area contributed by atoms with Gasteiger partial charge in [0.1, 0.15) is 17.1 Å². The Kier molecular flexibility index (Phi) is 3.75. The number of nitrogens with one attached hydrogen (secondary N) is 1. The molecule has 1 aromatic rings. The van der Waals surface area contributed by atoms with Crippen LogP contribution in [0.15, 0.2) is 6.07 Å². The first-order valence-corrected chi connectivity index (χ1v) is 10.7. The van der Waals surface area contributed by atoms with Crippen LogP contribution >= 0.6 is 0 Å². The number of fused-ring (bicyclic) bond motifs is 5. The third kappa shape index (κ3) is 2.17. The summed E-state index contributed by atoms with van der Waals surface area (Å²) in [6.07, 6.45) is 1.36. The van der Waals surface area contributed by atoms with Gasteiger partial charge in [0.2, 0.25) is 0 Å². The van der Waals surface area contributed by atoms with Gasteiger partial charge >= 0.3 is 0 Å². The summed E-state index contributed by atoms with van der Waals surface area (Å²) < 4.78 is 6.82. The van der Waals surface area contributed by atoms with E-state index in [9.17, 15) is 20.1 Å². The minimum Gasteiger partial charge on any atom is -0.508 e. The molecule has 0 bridgehead atoms. The highest BCUT2D eigenvalue weighted by Gasteiger charge is 2.68. The molecule has 5 rings (SSSR count). The molecule has 2 aliphatic heterocycles. The van der Waals surface area contributed by atoms with E-state index in [-0.39, 0.29) is 28.9 Å². The topological polar surface area (TPSA) is 99.0 Å². The molecule has 4 aliphatic rings. The Hall–Kier alpha value is -1.79. The number of phenols is 1. The number of hydrogen-bond acceptors (Lipinski definition) is 5. The second kappa shape index (κ2) is 5.67. The lowest BCUT2D eigenvalue weighted by atomic mass is 9.43. The first kappa shape index (κ1) is 19.2. The molecule has 4 N–H and O–H groups in total. The molecule has 2 heterocycles. The fourth-order valence-corrected chi connectivity index (χ4v) is 7.32. The van der Waals surface area contributed by atoms with Crippen molar-refractivity contribution in [3.05, 3.63) is 22.8 Å². The predicted molar refractivity (Wildman–Crippen MR) is 107 cm³/mol. The number of carbonyl (C=O) groups is 1. The number of aromatic hydroxyl groups is 1. The molecule has 1 aromatic carbocycles. The molecule has 1 spiro atoms. The standard InChI is InChI=1S/C23H31NO5/c1-11-5-6-17-21(2,3)19(27)16(26)9-22(17,4)23(11)8-13-15(25)7-12-14(18(13)29-23)10-24-20(12)28/h7,11,16-17,19,25-27H,5-6,8-10H2,1-4H3,(H,24,28)/t11-,16-,17+,19-,22+,23-/m0/s1. The first-order chi connectivity index (χ1) is 13.5. The van der Waals surface area contributed by atoms with Gasteiger partial charge in [-0.3, -0.25) is 4.79 Å². The number of carbonyl (C=O) groups excluding carboxylic acids is 1. The number of benzene rings is 1. The van der Waals surface area contributed by atoms with Gasteiger partial charge in [-0.2, -0.15) is 0 Å². The summed E-state index contributed by atoms with van der Waals surface area (Å²) in [6, 6.07) is 1.57. The van der Waals surface area contributed by atoms with Gasteiger partial charge in [-0.15, -0.1) is 0 Å². The summed E-state index contributed by atoms with van der Waals surface area (Å²) in [4.78, 5) is 12.2. The van der Waals surface area contributed by atoms with Crippen molar-refractivity contribution in [1.82, 2.24) is 5.32 Å². The highest BCUT2D eigenvalue weighted by Crippen LogP contribution is 2.67. The smallest absolute Gasteiger partial charge is 0.252 e. The molecule has 2 aliphatic carbocycles. The third-order valence-electron chi connectivity index (χ3n) is 8.94. The van der Waals surface area contributed by atoms with Crippen LogP contribution in [-0.2, 0) is 13.0 Å². The van der Waals surface area contributed by atoms with Crippen molar-refractivity contribution < 1.29 is 24.9 Å². The van der Waals surface area contributed by atoms with Crippen LogP contribution in [0.4, 0.5) is 0 Å². The molecule has 0 saturated heterocycles. The van der Waals surface area contributed by atoms with E-state index in [0.717, 1.165) is 24.0 Å². The summed E-state index contributed by atoms with van der Waals surface area (Å²) in [6.45, 7) is 8.89. The minimum absolute atomic E-state index is 0.112. The van der Waals surface area contributed by atoms with Crippen molar-refractivity contribution in [2.75, 3.05) is 0 Å². The number of aliphatic hydroxyl groups is 2. The van der Waals surface area contributed by atoms with Crippen LogP contribution in [-0.4, -0.2) is 39.0 Å². The summed E-state index contributed by atoms with van der Waals surface area (Å²) in [5, 5.41) is 35.1. The highest BCUT2D eigenvalue weighted by atomic mass is 16.5. The molecule has 158 valence electrons. The van der Waals surface area contributed by atoms with Crippen molar-refractivity contribution in [2.24, 2.45) is 22.7 Å². The van der Waals surface area contributed by atoms with Gasteiger partial charge in [0, 0.05) is 29.5 Å². The van der Waals surface area contributed by atoms with E-state index in [1.165, 1.54) is 0 Å². The van der Waals surface area contributed by atoms with Gasteiger partial charge in [-0.05, 0) is 42.6 Å². The van der Waals surface area contributed by atoms with Gasteiger partial charge in [-0.1, -0.05) is 27.7 Å². The van der Waals surface area contributed by atoms with Gasteiger partial charge in [0.25, 0.3) is 5.91 Å². The number of ether oxygens (including phenoxy) is 1. The van der Waals surface area contributed by atoms with E-state index < -0.39 is 23.2 Å². The summed E-state index contributed by atoms with van der Waals surface area (Å²) in [7, 11) is 0. The average molecular weight is 402 g/mol. The third-order valence-corrected chi connectivity index (χ3v) is 8.94. The van der Waals surface area contributed by atoms with Crippen molar-refractivity contribution >= 4 is 5.91 Å². The van der Waals surface area contributed by atoms with Crippen molar-refractivity contribution in [3.8, 4) is 11.5 Å². The van der Waals surface area contributed by atoms with Gasteiger partial charge < -0.3 is 25.4 Å². The summed E-state index contributed by atoms with van der Waals surface area (Å²) >= 11 is 0. The Balaban J connectivity index is 1.66. The fourth-order valence-electron chi connectivity index (χ4n) is 7.32. The summed E-state index contributed by atoms with van der Waals surface area (Å²) in [5.41, 5.74) is 0.679. The molecule has 29 heavy (non-hydrogen) atoms. The van der Waals surface area contributed by atoms with Crippen LogP contribution in [0.1, 0.15) is 68.4 Å². The lowest BCUT2D eigenvalue weighted by molar-refractivity contribution is -0.240. The molecular weight excluding hydrogens is 370 g/mol. The van der Waals surface area contributed by atoms with Crippen LogP contribution < -0.4 is 10.1 Å². The Morgan fingerprint density at radius 2 is 1.90 bits per heavy atom. The second-order valence-electron chi connectivity index (χ2n) is 10.6. The molecule has 6 heteroatoms. The van der Waals surface area contributed by atoms with Gasteiger partial charge in [-0.25, -0.2) is 0 Å². The average Bonchev–Trinajstić information content (AvgIpc) is 3.22. The molecule has 2 fully saturated rings. The van der Waals surface area contributed by atoms with Crippen molar-refractivity contribution in [3.63, 3.8) is 0 Å². The lowest BCUT2D eigenvalue weighted by Crippen LogP contribution is -2.69. The molecule has 6 atom stereocenters. The SMILES string of the molecule is C[C@H]1CC[C@@H]2C(C)(C)[C@@H](O)[C@@H](O)C[C@@]2(C)[C@]12Cc1c(O)cc3c(c1O2)CNC3=O. The normalized spacial score (nSPS) is 42.1. The predicted octanol–water partition coefficient (Wildman–Crippen LogP) is 2.51. The maximum absolute atomic E-state index is 12.2. The Labute approximate surface area is 171 Å². The molecule has 0 radical (unpaired) electrons. The summed E-state index contributed by atoms with van der Waals surface area (Å²) in [5.74, 6) is 0.968. The Morgan fingerprint density at radius 3 is 2.62 bits per heavy atom. The largest absolute Gasteiger partial charge is 0.508 e. The van der Waals surface area contributed by atoms with E-state index in [1.807, 2.05) is 13.8 Å². The zero-order valence-corrected chi connectivity index (χ0v) is 17.6. The van der Waals surface area contributed by atoms with Crippen molar-refractivity contribution in [2.45, 2.75) is 77.7 Å². The van der Waals surface area contributed by atoms with Crippen LogP contribution in [0.2, 0.25) is 0 Å². The molecule has 2 saturated carbocycles. The van der Waals surface area contributed by atoms with Crippen LogP contribution in [0.25, 0.3) is 0 Å². The van der Waals surface area contributed by atoms with Crippen molar-refractivity contribution in [1.29, 1.82) is 0 Å². The number of aliphatic hydroxyl groups excluding tert-OH is 2. The minimum atomic E-state index is -0.816. The zero-order valence-electron chi connectivity index (χ0n) is 17.6. The number of amides is 1. The Morgan fingerprint density at radius 1 is 1.17 bits per heavy atom. The molecular formula is C23H31NO5. The van der Waals surface area contributed by atoms with Gasteiger partial charge in [0.15, 0.2) is 0 Å². The quantitative estimate of drug-likeness (QED) is 0.535. The zero-order chi connectivity index (χ0) is 20.9. The van der Waals surface area contributed by atoms with Crippen LogP contribution in [0, 0.1) is 22.7 Å². The van der Waals surface area contributed by atoms with Gasteiger partial charge in [0.05, 0.1) is 17.8 Å². The van der Waals surface area contributed by atoms with E-state index in [0.29, 0.717) is 30.7 Å². The highest BCUT2D eigenvalue weighted by molar-refractivity contribution is 6.00. The maximum atomic E-state index is 12.2. The van der Waals surface area contributed by atoms with E-state index >= 15 is 0 Å². The number of rotatable bonds is 0. The second-order valence-corrected chi connectivity index (χ2v) is 10.6. The molecule has 0 unspecified atom stereocenters.